The lowest BCUT2D eigenvalue weighted by Gasteiger charge is -2.07. The summed E-state index contributed by atoms with van der Waals surface area (Å²) in [6, 6.07) is 0. The molecule has 1 aromatic rings. The molecular formula is C12H19NO2. The molecule has 1 amide bonds. The molecule has 0 spiro atoms. The van der Waals surface area contributed by atoms with E-state index < -0.39 is 0 Å². The molecule has 0 fully saturated rings. The molecule has 3 heteroatoms. The average Bonchev–Trinajstić information content (AvgIpc) is 2.37. The zero-order chi connectivity index (χ0) is 11.6. The minimum absolute atomic E-state index is 0.0319. The number of hydrogen-bond acceptors (Lipinski definition) is 2. The van der Waals surface area contributed by atoms with Gasteiger partial charge in [0.05, 0.1) is 5.56 Å². The molecule has 3 nitrogen and oxygen atoms in total. The second kappa shape index (κ2) is 4.51. The molecule has 0 unspecified atom stereocenters. The largest absolute Gasteiger partial charge is 0.466 e. The standard InChI is InChI=1S/C12H19NO2/c1-7(2)6-13-12(14)11-8(3)9(4)15-10(11)5/h7H,6H2,1-5H3,(H,13,14). The van der Waals surface area contributed by atoms with Crippen LogP contribution < -0.4 is 5.32 Å². The third-order valence-electron chi connectivity index (χ3n) is 2.46. The molecule has 15 heavy (non-hydrogen) atoms. The average molecular weight is 209 g/mol. The zero-order valence-corrected chi connectivity index (χ0v) is 10.1. The number of rotatable bonds is 3. The first-order valence-electron chi connectivity index (χ1n) is 5.28. The number of hydrogen-bond donors (Lipinski definition) is 1. The third kappa shape index (κ3) is 2.61. The fourth-order valence-corrected chi connectivity index (χ4v) is 1.51. The van der Waals surface area contributed by atoms with Crippen molar-refractivity contribution in [3.05, 3.63) is 22.6 Å². The fourth-order valence-electron chi connectivity index (χ4n) is 1.51. The maximum absolute atomic E-state index is 11.8. The number of furan rings is 1. The van der Waals surface area contributed by atoms with Gasteiger partial charge in [0.2, 0.25) is 0 Å². The van der Waals surface area contributed by atoms with Gasteiger partial charge in [-0.15, -0.1) is 0 Å². The van der Waals surface area contributed by atoms with Gasteiger partial charge in [0.25, 0.3) is 5.91 Å². The van der Waals surface area contributed by atoms with Crippen molar-refractivity contribution in [3.8, 4) is 0 Å². The van der Waals surface area contributed by atoms with Crippen molar-refractivity contribution in [2.45, 2.75) is 34.6 Å². The maximum atomic E-state index is 11.8. The van der Waals surface area contributed by atoms with Crippen LogP contribution in [0.15, 0.2) is 4.42 Å². The van der Waals surface area contributed by atoms with Gasteiger partial charge in [0.1, 0.15) is 11.5 Å². The lowest BCUT2D eigenvalue weighted by atomic mass is 10.1. The number of aryl methyl sites for hydroxylation is 2. The van der Waals surface area contributed by atoms with E-state index in [1.54, 1.807) is 0 Å². The van der Waals surface area contributed by atoms with E-state index in [4.69, 9.17) is 4.42 Å². The van der Waals surface area contributed by atoms with Gasteiger partial charge in [-0.1, -0.05) is 13.8 Å². The normalized spacial score (nSPS) is 10.8. The fraction of sp³-hybridized carbons (Fsp3) is 0.583. The van der Waals surface area contributed by atoms with Crippen LogP contribution in [0.4, 0.5) is 0 Å². The Bertz CT molecular complexity index is 364. The number of carbonyl (C=O) groups is 1. The SMILES string of the molecule is Cc1oc(C)c(C(=O)NCC(C)C)c1C. The van der Waals surface area contributed by atoms with Gasteiger partial charge in [-0.25, -0.2) is 0 Å². The molecule has 1 heterocycles. The van der Waals surface area contributed by atoms with Crippen LogP contribution in [-0.2, 0) is 0 Å². The minimum Gasteiger partial charge on any atom is -0.466 e. The zero-order valence-electron chi connectivity index (χ0n) is 10.1. The van der Waals surface area contributed by atoms with Gasteiger partial charge in [0.15, 0.2) is 0 Å². The molecule has 0 atom stereocenters. The van der Waals surface area contributed by atoms with Crippen LogP contribution >= 0.6 is 0 Å². The summed E-state index contributed by atoms with van der Waals surface area (Å²) in [5.41, 5.74) is 1.63. The number of nitrogens with one attached hydrogen (secondary N) is 1. The Labute approximate surface area is 90.9 Å². The summed E-state index contributed by atoms with van der Waals surface area (Å²) in [5.74, 6) is 1.95. The summed E-state index contributed by atoms with van der Waals surface area (Å²) in [6.07, 6.45) is 0. The van der Waals surface area contributed by atoms with E-state index in [-0.39, 0.29) is 5.91 Å². The van der Waals surface area contributed by atoms with Crippen molar-refractivity contribution >= 4 is 5.91 Å². The first-order valence-corrected chi connectivity index (χ1v) is 5.28. The summed E-state index contributed by atoms with van der Waals surface area (Å²) in [6.45, 7) is 10.4. The summed E-state index contributed by atoms with van der Waals surface area (Å²) in [5, 5.41) is 2.89. The van der Waals surface area contributed by atoms with Gasteiger partial charge in [-0.2, -0.15) is 0 Å². The van der Waals surface area contributed by atoms with Crippen LogP contribution in [0.1, 0.15) is 41.3 Å². The molecular weight excluding hydrogens is 190 g/mol. The van der Waals surface area contributed by atoms with Gasteiger partial charge in [-0.05, 0) is 26.7 Å². The quantitative estimate of drug-likeness (QED) is 0.831. The van der Waals surface area contributed by atoms with Crippen molar-refractivity contribution in [1.29, 1.82) is 0 Å². The van der Waals surface area contributed by atoms with Crippen LogP contribution in [-0.4, -0.2) is 12.5 Å². The van der Waals surface area contributed by atoms with Crippen LogP contribution in [0.25, 0.3) is 0 Å². The Morgan fingerprint density at radius 1 is 1.27 bits per heavy atom. The molecule has 0 aliphatic rings. The van der Waals surface area contributed by atoms with Crippen molar-refractivity contribution in [3.63, 3.8) is 0 Å². The Morgan fingerprint density at radius 2 is 1.87 bits per heavy atom. The molecule has 0 saturated carbocycles. The molecule has 1 rings (SSSR count). The topological polar surface area (TPSA) is 42.2 Å². The molecule has 84 valence electrons. The lowest BCUT2D eigenvalue weighted by Crippen LogP contribution is -2.28. The molecule has 0 aliphatic carbocycles. The van der Waals surface area contributed by atoms with Crippen LogP contribution in [0.3, 0.4) is 0 Å². The maximum Gasteiger partial charge on any atom is 0.255 e. The second-order valence-corrected chi connectivity index (χ2v) is 4.32. The number of amides is 1. The Kier molecular flexibility index (Phi) is 3.56. The highest BCUT2D eigenvalue weighted by Crippen LogP contribution is 2.20. The van der Waals surface area contributed by atoms with E-state index in [1.807, 2.05) is 20.8 Å². The third-order valence-corrected chi connectivity index (χ3v) is 2.46. The Balaban J connectivity index is 2.82. The predicted octanol–water partition coefficient (Wildman–Crippen LogP) is 2.59. The van der Waals surface area contributed by atoms with Gasteiger partial charge < -0.3 is 9.73 Å². The Hall–Kier alpha value is -1.25. The van der Waals surface area contributed by atoms with E-state index in [9.17, 15) is 4.79 Å². The second-order valence-electron chi connectivity index (χ2n) is 4.32. The number of carbonyl (C=O) groups excluding carboxylic acids is 1. The summed E-state index contributed by atoms with van der Waals surface area (Å²) >= 11 is 0. The first kappa shape index (κ1) is 11.8. The summed E-state index contributed by atoms with van der Waals surface area (Å²) in [7, 11) is 0. The summed E-state index contributed by atoms with van der Waals surface area (Å²) < 4.78 is 5.41. The van der Waals surface area contributed by atoms with Crippen molar-refractivity contribution in [1.82, 2.24) is 5.32 Å². The van der Waals surface area contributed by atoms with Crippen molar-refractivity contribution in [2.75, 3.05) is 6.54 Å². The first-order chi connectivity index (χ1) is 6.93. The van der Waals surface area contributed by atoms with Gasteiger partial charge in [-0.3, -0.25) is 4.79 Å². The minimum atomic E-state index is -0.0319. The smallest absolute Gasteiger partial charge is 0.255 e. The Morgan fingerprint density at radius 3 is 2.27 bits per heavy atom. The molecule has 0 radical (unpaired) electrons. The van der Waals surface area contributed by atoms with Crippen molar-refractivity contribution < 1.29 is 9.21 Å². The van der Waals surface area contributed by atoms with Gasteiger partial charge in [0, 0.05) is 12.1 Å². The predicted molar refractivity (Wildman–Crippen MR) is 60.1 cm³/mol. The highest BCUT2D eigenvalue weighted by molar-refractivity contribution is 5.96. The lowest BCUT2D eigenvalue weighted by molar-refractivity contribution is 0.0947. The van der Waals surface area contributed by atoms with Gasteiger partial charge >= 0.3 is 0 Å². The molecule has 0 saturated heterocycles. The highest BCUT2D eigenvalue weighted by atomic mass is 16.3. The van der Waals surface area contributed by atoms with E-state index >= 15 is 0 Å². The molecule has 1 aromatic heterocycles. The van der Waals surface area contributed by atoms with E-state index in [2.05, 4.69) is 19.2 Å². The van der Waals surface area contributed by atoms with Crippen molar-refractivity contribution in [2.24, 2.45) is 5.92 Å². The van der Waals surface area contributed by atoms with E-state index in [0.29, 0.717) is 23.8 Å². The summed E-state index contributed by atoms with van der Waals surface area (Å²) in [4.78, 5) is 11.8. The van der Waals surface area contributed by atoms with Crippen LogP contribution in [0, 0.1) is 26.7 Å². The van der Waals surface area contributed by atoms with E-state index in [0.717, 1.165) is 11.3 Å². The van der Waals surface area contributed by atoms with Crippen LogP contribution in [0.2, 0.25) is 0 Å². The molecule has 0 aromatic carbocycles. The molecule has 0 bridgehead atoms. The monoisotopic (exact) mass is 209 g/mol. The van der Waals surface area contributed by atoms with Crippen LogP contribution in [0.5, 0.6) is 0 Å². The highest BCUT2D eigenvalue weighted by Gasteiger charge is 2.17. The molecule has 0 aliphatic heterocycles. The van der Waals surface area contributed by atoms with E-state index in [1.165, 1.54) is 0 Å². The molecule has 1 N–H and O–H groups in total.